The molecule has 3 heterocycles. The average Bonchev–Trinajstić information content (AvgIpc) is 3.04. The zero-order valence-electron chi connectivity index (χ0n) is 18.6. The zero-order valence-corrected chi connectivity index (χ0v) is 18.6. The van der Waals surface area contributed by atoms with Crippen LogP contribution in [0.5, 0.6) is 0 Å². The third-order valence-corrected chi connectivity index (χ3v) is 6.73. The second kappa shape index (κ2) is 10.4. The summed E-state index contributed by atoms with van der Waals surface area (Å²) in [5.41, 5.74) is 0.169. The fourth-order valence-electron chi connectivity index (χ4n) is 4.86. The molecular weight excluding hydrogens is 410 g/mol. The lowest BCUT2D eigenvalue weighted by Crippen LogP contribution is -2.49. The highest BCUT2D eigenvalue weighted by Crippen LogP contribution is 2.33. The Hall–Kier alpha value is -2.52. The summed E-state index contributed by atoms with van der Waals surface area (Å²) < 4.78 is 5.40. The van der Waals surface area contributed by atoms with Gasteiger partial charge in [-0.05, 0) is 37.0 Å². The second-order valence-corrected chi connectivity index (χ2v) is 8.94. The van der Waals surface area contributed by atoms with Gasteiger partial charge in [0.2, 0.25) is 5.91 Å². The quantitative estimate of drug-likeness (QED) is 0.610. The predicted octanol–water partition coefficient (Wildman–Crippen LogP) is 1.39. The molecule has 0 aromatic carbocycles. The van der Waals surface area contributed by atoms with E-state index in [0.29, 0.717) is 25.9 Å². The number of ether oxygens (including phenoxy) is 1. The summed E-state index contributed by atoms with van der Waals surface area (Å²) in [5, 5.41) is 2.89. The molecule has 1 aliphatic carbocycles. The van der Waals surface area contributed by atoms with Gasteiger partial charge in [-0.3, -0.25) is 24.4 Å². The van der Waals surface area contributed by atoms with Gasteiger partial charge in [-0.25, -0.2) is 4.79 Å². The van der Waals surface area contributed by atoms with E-state index in [1.807, 2.05) is 12.1 Å². The Bertz CT molecular complexity index is 806. The molecule has 0 unspecified atom stereocenters. The highest BCUT2D eigenvalue weighted by Gasteiger charge is 2.51. The van der Waals surface area contributed by atoms with Crippen LogP contribution in [0.15, 0.2) is 24.5 Å². The fraction of sp³-hybridized carbons (Fsp3) is 0.652. The molecule has 2 aliphatic heterocycles. The van der Waals surface area contributed by atoms with Crippen molar-refractivity contribution < 1.29 is 19.1 Å². The molecule has 1 aromatic heterocycles. The largest absolute Gasteiger partial charge is 0.379 e. The smallest absolute Gasteiger partial charge is 0.325 e. The van der Waals surface area contributed by atoms with E-state index < -0.39 is 11.6 Å². The molecule has 3 aliphatic rings. The molecule has 9 nitrogen and oxygen atoms in total. The molecule has 32 heavy (non-hydrogen) atoms. The van der Waals surface area contributed by atoms with Crippen molar-refractivity contribution in [3.63, 3.8) is 0 Å². The van der Waals surface area contributed by atoms with Crippen molar-refractivity contribution in [2.75, 3.05) is 45.9 Å². The summed E-state index contributed by atoms with van der Waals surface area (Å²) in [5.74, 6) is -0.451. The normalized spacial score (nSPS) is 21.1. The van der Waals surface area contributed by atoms with Crippen LogP contribution in [0.1, 0.15) is 44.1 Å². The van der Waals surface area contributed by atoms with Crippen molar-refractivity contribution in [1.82, 2.24) is 25.0 Å². The van der Waals surface area contributed by atoms with Crippen molar-refractivity contribution in [3.05, 3.63) is 30.1 Å². The highest BCUT2D eigenvalue weighted by atomic mass is 16.5. The van der Waals surface area contributed by atoms with Gasteiger partial charge >= 0.3 is 6.03 Å². The van der Waals surface area contributed by atoms with E-state index in [9.17, 15) is 14.4 Å². The monoisotopic (exact) mass is 443 g/mol. The Balaban J connectivity index is 1.39. The summed E-state index contributed by atoms with van der Waals surface area (Å²) >= 11 is 0. The predicted molar refractivity (Wildman–Crippen MR) is 118 cm³/mol. The summed E-state index contributed by atoms with van der Waals surface area (Å²) in [6.45, 7) is 4.96. The lowest BCUT2D eigenvalue weighted by Gasteiger charge is -2.31. The fourth-order valence-corrected chi connectivity index (χ4v) is 4.86. The number of carbonyl (C=O) groups is 3. The molecule has 1 N–H and O–H groups in total. The first-order valence-corrected chi connectivity index (χ1v) is 11.7. The Morgan fingerprint density at radius 2 is 1.84 bits per heavy atom. The van der Waals surface area contributed by atoms with E-state index >= 15 is 0 Å². The summed E-state index contributed by atoms with van der Waals surface area (Å²) in [6, 6.07) is 3.32. The molecule has 0 bridgehead atoms. The van der Waals surface area contributed by atoms with Crippen LogP contribution in [0.2, 0.25) is 0 Å². The molecule has 1 spiro atoms. The topological polar surface area (TPSA) is 95.1 Å². The minimum atomic E-state index is -0.804. The van der Waals surface area contributed by atoms with E-state index in [2.05, 4.69) is 15.2 Å². The van der Waals surface area contributed by atoms with Crippen LogP contribution in [-0.2, 0) is 20.9 Å². The van der Waals surface area contributed by atoms with Crippen molar-refractivity contribution >= 4 is 17.8 Å². The number of carbonyl (C=O) groups excluding carboxylic acids is 3. The standard InChI is InChI=1S/C23H33N5O4/c29-20(18-28-21(30)23(25-22(28)31)7-2-1-3-8-23)27(17-19-5-9-24-10-6-19)12-4-11-26-13-15-32-16-14-26/h5-6,9-10H,1-4,7-8,11-18H2,(H,25,31). The first kappa shape index (κ1) is 22.7. The van der Waals surface area contributed by atoms with Crippen molar-refractivity contribution in [3.8, 4) is 0 Å². The van der Waals surface area contributed by atoms with Crippen LogP contribution in [-0.4, -0.2) is 89.0 Å². The summed E-state index contributed by atoms with van der Waals surface area (Å²) in [4.78, 5) is 48.2. The Labute approximate surface area is 189 Å². The van der Waals surface area contributed by atoms with Gasteiger partial charge in [0.15, 0.2) is 0 Å². The van der Waals surface area contributed by atoms with Gasteiger partial charge in [-0.2, -0.15) is 0 Å². The molecule has 174 valence electrons. The zero-order chi connectivity index (χ0) is 22.4. The molecule has 3 fully saturated rings. The maximum absolute atomic E-state index is 13.3. The SMILES string of the molecule is O=C(CN1C(=O)NC2(CCCCC2)C1=O)N(CCCN1CCOCC1)Cc1ccncc1. The second-order valence-electron chi connectivity index (χ2n) is 8.94. The number of nitrogens with zero attached hydrogens (tertiary/aromatic N) is 4. The van der Waals surface area contributed by atoms with Gasteiger partial charge in [0.1, 0.15) is 12.1 Å². The molecule has 1 aromatic rings. The minimum absolute atomic E-state index is 0.208. The number of morpholine rings is 1. The molecule has 0 radical (unpaired) electrons. The maximum atomic E-state index is 13.3. The Morgan fingerprint density at radius 1 is 1.12 bits per heavy atom. The molecule has 4 rings (SSSR count). The van der Waals surface area contributed by atoms with E-state index in [1.165, 1.54) is 0 Å². The van der Waals surface area contributed by atoms with E-state index in [4.69, 9.17) is 4.74 Å². The highest BCUT2D eigenvalue weighted by molar-refractivity contribution is 6.09. The first-order valence-electron chi connectivity index (χ1n) is 11.7. The van der Waals surface area contributed by atoms with Crippen LogP contribution in [0.3, 0.4) is 0 Å². The van der Waals surface area contributed by atoms with Gasteiger partial charge in [0.05, 0.1) is 13.2 Å². The third kappa shape index (κ3) is 5.27. The molecule has 4 amide bonds. The van der Waals surface area contributed by atoms with Crippen molar-refractivity contribution in [1.29, 1.82) is 0 Å². The van der Waals surface area contributed by atoms with E-state index in [-0.39, 0.29) is 18.4 Å². The summed E-state index contributed by atoms with van der Waals surface area (Å²) in [6.07, 6.45) is 8.46. The number of aromatic nitrogens is 1. The number of nitrogens with one attached hydrogen (secondary N) is 1. The third-order valence-electron chi connectivity index (χ3n) is 6.73. The number of imide groups is 1. The van der Waals surface area contributed by atoms with Crippen molar-refractivity contribution in [2.45, 2.75) is 50.6 Å². The number of pyridine rings is 1. The van der Waals surface area contributed by atoms with Gasteiger partial charge in [0.25, 0.3) is 5.91 Å². The van der Waals surface area contributed by atoms with Crippen molar-refractivity contribution in [2.24, 2.45) is 0 Å². The Morgan fingerprint density at radius 3 is 2.56 bits per heavy atom. The number of rotatable bonds is 8. The van der Waals surface area contributed by atoms with E-state index in [1.54, 1.807) is 17.3 Å². The maximum Gasteiger partial charge on any atom is 0.325 e. The van der Waals surface area contributed by atoms with Gasteiger partial charge in [-0.1, -0.05) is 19.3 Å². The number of urea groups is 1. The van der Waals surface area contributed by atoms with Crippen LogP contribution in [0, 0.1) is 0 Å². The molecule has 9 heteroatoms. The van der Waals surface area contributed by atoms with Crippen LogP contribution < -0.4 is 5.32 Å². The van der Waals surface area contributed by atoms with Gasteiger partial charge < -0.3 is 15.0 Å². The van der Waals surface area contributed by atoms with Gasteiger partial charge in [0, 0.05) is 45.1 Å². The number of hydrogen-bond donors (Lipinski definition) is 1. The van der Waals surface area contributed by atoms with E-state index in [0.717, 1.165) is 69.0 Å². The number of amides is 4. The van der Waals surface area contributed by atoms with Gasteiger partial charge in [-0.15, -0.1) is 0 Å². The number of hydrogen-bond acceptors (Lipinski definition) is 6. The lowest BCUT2D eigenvalue weighted by molar-refractivity contribution is -0.140. The lowest BCUT2D eigenvalue weighted by atomic mass is 9.82. The minimum Gasteiger partial charge on any atom is -0.379 e. The average molecular weight is 444 g/mol. The summed E-state index contributed by atoms with van der Waals surface area (Å²) in [7, 11) is 0. The Kier molecular flexibility index (Phi) is 7.36. The molecular formula is C23H33N5O4. The van der Waals surface area contributed by atoms with Crippen LogP contribution >= 0.6 is 0 Å². The van der Waals surface area contributed by atoms with Crippen LogP contribution in [0.25, 0.3) is 0 Å². The van der Waals surface area contributed by atoms with Crippen LogP contribution in [0.4, 0.5) is 4.79 Å². The molecule has 2 saturated heterocycles. The molecule has 0 atom stereocenters. The first-order chi connectivity index (χ1) is 15.6. The molecule has 1 saturated carbocycles.